The van der Waals surface area contributed by atoms with Crippen LogP contribution in [0, 0.1) is 0 Å². The summed E-state index contributed by atoms with van der Waals surface area (Å²) in [6.45, 7) is 3.23. The first-order valence-electron chi connectivity index (χ1n) is 6.25. The van der Waals surface area contributed by atoms with Gasteiger partial charge in [0.1, 0.15) is 0 Å². The number of nitrogens with zero attached hydrogens (tertiary/aromatic N) is 1. The Balaban J connectivity index is 2.34. The molecule has 19 heavy (non-hydrogen) atoms. The smallest absolute Gasteiger partial charge is 0.202 e. The largest absolute Gasteiger partial charge is 0.464 e. The van der Waals surface area contributed by atoms with Gasteiger partial charge in [-0.1, -0.05) is 12.1 Å². The second-order valence-electron chi connectivity index (χ2n) is 5.25. The number of carbonyl (C=O) groups is 1. The van der Waals surface area contributed by atoms with Crippen LogP contribution in [0.5, 0.6) is 5.88 Å². The van der Waals surface area contributed by atoms with Gasteiger partial charge in [-0.3, -0.25) is 9.59 Å². The van der Waals surface area contributed by atoms with E-state index in [9.17, 15) is 9.59 Å². The normalized spacial score (nSPS) is 21.2. The minimum atomic E-state index is -0.920. The van der Waals surface area contributed by atoms with E-state index in [4.69, 9.17) is 4.74 Å². The number of fused-ring (bicyclic) bond motifs is 2. The Morgan fingerprint density at radius 2 is 2.05 bits per heavy atom. The van der Waals surface area contributed by atoms with Crippen LogP contribution in [0.25, 0.3) is 10.9 Å². The second kappa shape index (κ2) is 3.70. The maximum Gasteiger partial charge on any atom is 0.202 e. The van der Waals surface area contributed by atoms with E-state index in [1.165, 1.54) is 6.92 Å². The number of aromatic nitrogens is 1. The third kappa shape index (κ3) is 1.52. The number of rotatable bonds is 1. The minimum absolute atomic E-state index is 0.0336. The molecule has 0 spiro atoms. The molecule has 0 N–H and O–H groups in total. The first-order valence-corrected chi connectivity index (χ1v) is 6.25. The van der Waals surface area contributed by atoms with Crippen molar-refractivity contribution < 1.29 is 9.53 Å². The molecule has 0 bridgehead atoms. The Morgan fingerprint density at radius 1 is 1.37 bits per heavy atom. The zero-order valence-electron chi connectivity index (χ0n) is 11.2. The molecule has 4 nitrogen and oxygen atoms in total. The molecular formula is C15H15NO3. The molecule has 0 saturated heterocycles. The maximum absolute atomic E-state index is 12.5. The third-order valence-corrected chi connectivity index (χ3v) is 3.93. The van der Waals surface area contributed by atoms with Gasteiger partial charge in [-0.2, -0.15) is 0 Å². The summed E-state index contributed by atoms with van der Waals surface area (Å²) in [5.41, 5.74) is 0.461. The predicted molar refractivity (Wildman–Crippen MR) is 72.6 cm³/mol. The molecule has 0 saturated carbocycles. The number of aryl methyl sites for hydroxylation is 1. The van der Waals surface area contributed by atoms with Gasteiger partial charge in [-0.25, -0.2) is 0 Å². The highest BCUT2D eigenvalue weighted by Crippen LogP contribution is 2.35. The Morgan fingerprint density at radius 3 is 2.74 bits per heavy atom. The zero-order chi connectivity index (χ0) is 13.8. The van der Waals surface area contributed by atoms with Crippen molar-refractivity contribution in [1.82, 2.24) is 4.57 Å². The molecule has 4 heteroatoms. The summed E-state index contributed by atoms with van der Waals surface area (Å²) in [4.78, 5) is 24.2. The summed E-state index contributed by atoms with van der Waals surface area (Å²) in [6.07, 6.45) is 0.342. The van der Waals surface area contributed by atoms with Crippen LogP contribution < -0.4 is 10.2 Å². The van der Waals surface area contributed by atoms with E-state index in [1.54, 1.807) is 13.0 Å². The van der Waals surface area contributed by atoms with Crippen LogP contribution in [0.2, 0.25) is 0 Å². The number of hydrogen-bond donors (Lipinski definition) is 0. The summed E-state index contributed by atoms with van der Waals surface area (Å²) >= 11 is 0. The number of carbonyl (C=O) groups excluding carboxylic acids is 1. The van der Waals surface area contributed by atoms with Crippen LogP contribution in [0.15, 0.2) is 29.1 Å². The summed E-state index contributed by atoms with van der Waals surface area (Å²) in [6, 6.07) is 7.41. The molecule has 1 atom stereocenters. The van der Waals surface area contributed by atoms with E-state index >= 15 is 0 Å². The number of pyridine rings is 1. The first kappa shape index (κ1) is 12.0. The molecule has 1 aromatic carbocycles. The van der Waals surface area contributed by atoms with Crippen molar-refractivity contribution in [2.75, 3.05) is 0 Å². The average Bonchev–Trinajstić information content (AvgIpc) is 2.76. The molecule has 1 aromatic heterocycles. The predicted octanol–water partition coefficient (Wildman–Crippen LogP) is 1.82. The fourth-order valence-electron chi connectivity index (χ4n) is 2.60. The summed E-state index contributed by atoms with van der Waals surface area (Å²) in [5, 5.41) is 0.667. The summed E-state index contributed by atoms with van der Waals surface area (Å²) in [5.74, 6) is 0.452. The molecular weight excluding hydrogens is 242 g/mol. The lowest BCUT2D eigenvalue weighted by molar-refractivity contribution is -0.129. The lowest BCUT2D eigenvalue weighted by atomic mass is 9.95. The first-order chi connectivity index (χ1) is 8.94. The van der Waals surface area contributed by atoms with Crippen LogP contribution in [-0.4, -0.2) is 16.0 Å². The summed E-state index contributed by atoms with van der Waals surface area (Å²) < 4.78 is 7.64. The Hall–Kier alpha value is -2.10. The molecule has 1 aliphatic rings. The van der Waals surface area contributed by atoms with Crippen molar-refractivity contribution >= 4 is 16.7 Å². The highest BCUT2D eigenvalue weighted by molar-refractivity contribution is 5.87. The van der Waals surface area contributed by atoms with Crippen LogP contribution >= 0.6 is 0 Å². The molecule has 1 aliphatic heterocycles. The Bertz CT molecular complexity index is 760. The highest BCUT2D eigenvalue weighted by atomic mass is 16.5. The number of ketones is 1. The quantitative estimate of drug-likeness (QED) is 0.783. The van der Waals surface area contributed by atoms with E-state index in [0.29, 0.717) is 23.3 Å². The van der Waals surface area contributed by atoms with Crippen molar-refractivity contribution in [3.05, 3.63) is 40.1 Å². The van der Waals surface area contributed by atoms with Gasteiger partial charge in [0.15, 0.2) is 16.8 Å². The van der Waals surface area contributed by atoms with Crippen molar-refractivity contribution in [3.63, 3.8) is 0 Å². The van der Waals surface area contributed by atoms with Crippen molar-refractivity contribution in [3.8, 4) is 5.88 Å². The molecule has 1 unspecified atom stereocenters. The average molecular weight is 257 g/mol. The minimum Gasteiger partial charge on any atom is -0.464 e. The maximum atomic E-state index is 12.5. The van der Waals surface area contributed by atoms with Gasteiger partial charge in [-0.05, 0) is 26.0 Å². The van der Waals surface area contributed by atoms with Crippen LogP contribution in [0.3, 0.4) is 0 Å². The number of para-hydroxylation sites is 1. The van der Waals surface area contributed by atoms with E-state index in [0.717, 1.165) is 5.52 Å². The lowest BCUT2D eigenvalue weighted by Gasteiger charge is -2.20. The number of ether oxygens (including phenoxy) is 1. The van der Waals surface area contributed by atoms with Gasteiger partial charge >= 0.3 is 0 Å². The zero-order valence-corrected chi connectivity index (χ0v) is 11.2. The number of benzene rings is 1. The van der Waals surface area contributed by atoms with E-state index in [-0.39, 0.29) is 11.2 Å². The molecule has 0 fully saturated rings. The van der Waals surface area contributed by atoms with Crippen LogP contribution in [0.4, 0.5) is 0 Å². The van der Waals surface area contributed by atoms with E-state index in [2.05, 4.69) is 0 Å². The van der Waals surface area contributed by atoms with Crippen molar-refractivity contribution in [2.24, 2.45) is 7.05 Å². The monoisotopic (exact) mass is 257 g/mol. The van der Waals surface area contributed by atoms with Gasteiger partial charge in [0.05, 0.1) is 11.1 Å². The Labute approximate surface area is 110 Å². The third-order valence-electron chi connectivity index (χ3n) is 3.93. The topological polar surface area (TPSA) is 48.3 Å². The lowest BCUT2D eigenvalue weighted by Crippen LogP contribution is -2.38. The van der Waals surface area contributed by atoms with E-state index in [1.807, 2.05) is 29.8 Å². The van der Waals surface area contributed by atoms with Crippen molar-refractivity contribution in [2.45, 2.75) is 25.9 Å². The fourth-order valence-corrected chi connectivity index (χ4v) is 2.60. The Kier molecular flexibility index (Phi) is 2.33. The molecule has 3 rings (SSSR count). The second-order valence-corrected chi connectivity index (χ2v) is 5.25. The fraction of sp³-hybridized carbons (Fsp3) is 0.333. The molecule has 0 amide bonds. The standard InChI is InChI=1S/C15H15NO3/c1-9(17)15(2)8-11-13(18)10-6-4-5-7-12(10)16(3)14(11)19-15/h4-7H,8H2,1-3H3. The van der Waals surface area contributed by atoms with Gasteiger partial charge in [0.25, 0.3) is 0 Å². The number of hydrogen-bond acceptors (Lipinski definition) is 3. The van der Waals surface area contributed by atoms with Gasteiger partial charge in [-0.15, -0.1) is 0 Å². The van der Waals surface area contributed by atoms with Crippen LogP contribution in [0.1, 0.15) is 19.4 Å². The van der Waals surface area contributed by atoms with Gasteiger partial charge in [0.2, 0.25) is 5.88 Å². The molecule has 0 radical (unpaired) electrons. The molecule has 2 aromatic rings. The van der Waals surface area contributed by atoms with Crippen LogP contribution in [-0.2, 0) is 18.3 Å². The SMILES string of the molecule is CC(=O)C1(C)Cc2c(n(C)c3ccccc3c2=O)O1. The van der Waals surface area contributed by atoms with Gasteiger partial charge in [0, 0.05) is 18.9 Å². The van der Waals surface area contributed by atoms with Gasteiger partial charge < -0.3 is 9.30 Å². The highest BCUT2D eigenvalue weighted by Gasteiger charge is 2.42. The molecule has 0 aliphatic carbocycles. The number of Topliss-reactive ketones (excluding diaryl/α,β-unsaturated/α-hetero) is 1. The molecule has 2 heterocycles. The molecule has 98 valence electrons. The summed E-state index contributed by atoms with van der Waals surface area (Å²) in [7, 11) is 1.85. The van der Waals surface area contributed by atoms with Crippen molar-refractivity contribution in [1.29, 1.82) is 0 Å². The van der Waals surface area contributed by atoms with E-state index < -0.39 is 5.60 Å².